The standard InChI is InChI=1S/C21H27N3O2/c1-15(2)26-19-9-5-4-8-18(19)23-20-13-17(10-11-22-20)21(25)24-12-6-7-16(3)14-24/h4-5,8-11,13,15-16H,6-7,12,14H2,1-3H3,(H,22,23). The first-order valence-corrected chi connectivity index (χ1v) is 9.31. The van der Waals surface area contributed by atoms with E-state index in [4.69, 9.17) is 4.74 Å². The molecule has 1 N–H and O–H groups in total. The van der Waals surface area contributed by atoms with Gasteiger partial charge in [0.1, 0.15) is 11.6 Å². The van der Waals surface area contributed by atoms with Gasteiger partial charge < -0.3 is 15.0 Å². The normalized spacial score (nSPS) is 17.2. The third-order valence-electron chi connectivity index (χ3n) is 4.46. The summed E-state index contributed by atoms with van der Waals surface area (Å²) in [5.41, 5.74) is 1.50. The van der Waals surface area contributed by atoms with Crippen LogP contribution in [-0.2, 0) is 0 Å². The summed E-state index contributed by atoms with van der Waals surface area (Å²) in [5, 5.41) is 3.28. The molecule has 1 saturated heterocycles. The van der Waals surface area contributed by atoms with E-state index in [1.54, 1.807) is 12.3 Å². The van der Waals surface area contributed by atoms with E-state index in [2.05, 4.69) is 17.2 Å². The zero-order valence-corrected chi connectivity index (χ0v) is 15.7. The van der Waals surface area contributed by atoms with E-state index in [9.17, 15) is 4.79 Å². The topological polar surface area (TPSA) is 54.5 Å². The van der Waals surface area contributed by atoms with Crippen LogP contribution < -0.4 is 10.1 Å². The van der Waals surface area contributed by atoms with Gasteiger partial charge in [-0.25, -0.2) is 4.98 Å². The van der Waals surface area contributed by atoms with Gasteiger partial charge in [-0.05, 0) is 56.9 Å². The monoisotopic (exact) mass is 353 g/mol. The maximum atomic E-state index is 12.8. The molecule has 1 fully saturated rings. The molecule has 1 aromatic heterocycles. The number of nitrogens with zero attached hydrogens (tertiary/aromatic N) is 2. The Labute approximate surface area is 155 Å². The Morgan fingerprint density at radius 1 is 1.31 bits per heavy atom. The summed E-state index contributed by atoms with van der Waals surface area (Å²) in [7, 11) is 0. The molecule has 0 aliphatic carbocycles. The molecule has 2 heterocycles. The summed E-state index contributed by atoms with van der Waals surface area (Å²) in [6.07, 6.45) is 4.03. The van der Waals surface area contributed by atoms with Gasteiger partial charge in [-0.1, -0.05) is 19.1 Å². The van der Waals surface area contributed by atoms with Gasteiger partial charge in [0.15, 0.2) is 0 Å². The highest BCUT2D eigenvalue weighted by Gasteiger charge is 2.22. The average molecular weight is 353 g/mol. The van der Waals surface area contributed by atoms with Crippen LogP contribution in [0.5, 0.6) is 5.75 Å². The molecule has 1 aliphatic rings. The molecule has 1 atom stereocenters. The fourth-order valence-electron chi connectivity index (χ4n) is 3.25. The number of hydrogen-bond acceptors (Lipinski definition) is 4. The number of para-hydroxylation sites is 2. The predicted octanol–water partition coefficient (Wildman–Crippen LogP) is 4.48. The number of piperidine rings is 1. The quantitative estimate of drug-likeness (QED) is 0.861. The van der Waals surface area contributed by atoms with Crippen molar-refractivity contribution in [1.29, 1.82) is 0 Å². The molecule has 1 aliphatic heterocycles. The molecule has 3 rings (SSSR count). The summed E-state index contributed by atoms with van der Waals surface area (Å²) in [5.74, 6) is 2.05. The number of likely N-dealkylation sites (tertiary alicyclic amines) is 1. The second kappa shape index (κ2) is 8.21. The molecule has 2 aromatic rings. The van der Waals surface area contributed by atoms with Gasteiger partial charge in [0, 0.05) is 24.8 Å². The molecule has 26 heavy (non-hydrogen) atoms. The fraction of sp³-hybridized carbons (Fsp3) is 0.429. The number of pyridine rings is 1. The van der Waals surface area contributed by atoms with Gasteiger partial charge in [-0.2, -0.15) is 0 Å². The molecule has 1 amide bonds. The van der Waals surface area contributed by atoms with Gasteiger partial charge in [-0.15, -0.1) is 0 Å². The summed E-state index contributed by atoms with van der Waals surface area (Å²) in [6.45, 7) is 7.85. The van der Waals surface area contributed by atoms with Crippen molar-refractivity contribution in [1.82, 2.24) is 9.88 Å². The van der Waals surface area contributed by atoms with E-state index in [1.807, 2.05) is 49.1 Å². The van der Waals surface area contributed by atoms with Crippen molar-refractivity contribution < 1.29 is 9.53 Å². The van der Waals surface area contributed by atoms with Crippen molar-refractivity contribution in [3.8, 4) is 5.75 Å². The highest BCUT2D eigenvalue weighted by Crippen LogP contribution is 2.28. The third kappa shape index (κ3) is 4.54. The van der Waals surface area contributed by atoms with Crippen LogP contribution in [0.25, 0.3) is 0 Å². The number of aromatic nitrogens is 1. The minimum Gasteiger partial charge on any atom is -0.489 e. The van der Waals surface area contributed by atoms with Crippen LogP contribution in [0.4, 0.5) is 11.5 Å². The van der Waals surface area contributed by atoms with Crippen LogP contribution in [0, 0.1) is 5.92 Å². The summed E-state index contributed by atoms with van der Waals surface area (Å²) in [4.78, 5) is 19.1. The first-order valence-electron chi connectivity index (χ1n) is 9.31. The molecule has 1 unspecified atom stereocenters. The number of carbonyl (C=O) groups is 1. The number of hydrogen-bond donors (Lipinski definition) is 1. The summed E-state index contributed by atoms with van der Waals surface area (Å²) in [6, 6.07) is 11.3. The van der Waals surface area contributed by atoms with E-state index < -0.39 is 0 Å². The highest BCUT2D eigenvalue weighted by atomic mass is 16.5. The van der Waals surface area contributed by atoms with Crippen molar-refractivity contribution in [3.05, 3.63) is 48.2 Å². The Morgan fingerprint density at radius 3 is 2.88 bits per heavy atom. The van der Waals surface area contributed by atoms with Crippen molar-refractivity contribution in [2.45, 2.75) is 39.7 Å². The molecular formula is C21H27N3O2. The number of anilines is 2. The lowest BCUT2D eigenvalue weighted by Gasteiger charge is -2.31. The number of amides is 1. The lowest BCUT2D eigenvalue weighted by Crippen LogP contribution is -2.39. The Bertz CT molecular complexity index is 760. The Balaban J connectivity index is 1.77. The maximum Gasteiger partial charge on any atom is 0.254 e. The van der Waals surface area contributed by atoms with Gasteiger partial charge >= 0.3 is 0 Å². The predicted molar refractivity (Wildman–Crippen MR) is 104 cm³/mol. The highest BCUT2D eigenvalue weighted by molar-refractivity contribution is 5.95. The van der Waals surface area contributed by atoms with Crippen LogP contribution >= 0.6 is 0 Å². The van der Waals surface area contributed by atoms with Crippen molar-refractivity contribution in [2.24, 2.45) is 5.92 Å². The molecule has 5 nitrogen and oxygen atoms in total. The van der Waals surface area contributed by atoms with E-state index in [1.165, 1.54) is 6.42 Å². The molecule has 0 spiro atoms. The van der Waals surface area contributed by atoms with Gasteiger partial charge in [0.2, 0.25) is 0 Å². The molecule has 5 heteroatoms. The smallest absolute Gasteiger partial charge is 0.254 e. The molecule has 0 bridgehead atoms. The van der Waals surface area contributed by atoms with E-state index in [0.717, 1.165) is 30.9 Å². The minimum absolute atomic E-state index is 0.0775. The molecule has 0 radical (unpaired) electrons. The van der Waals surface area contributed by atoms with Crippen LogP contribution in [0.2, 0.25) is 0 Å². The Kier molecular flexibility index (Phi) is 5.76. The fourth-order valence-corrected chi connectivity index (χ4v) is 3.25. The van der Waals surface area contributed by atoms with Crippen molar-refractivity contribution in [3.63, 3.8) is 0 Å². The van der Waals surface area contributed by atoms with E-state index in [0.29, 0.717) is 17.3 Å². The number of ether oxygens (including phenoxy) is 1. The Hall–Kier alpha value is -2.56. The van der Waals surface area contributed by atoms with Crippen molar-refractivity contribution >= 4 is 17.4 Å². The minimum atomic E-state index is 0.0775. The zero-order valence-electron chi connectivity index (χ0n) is 15.7. The lowest BCUT2D eigenvalue weighted by molar-refractivity contribution is 0.0683. The number of benzene rings is 1. The number of rotatable bonds is 5. The maximum absolute atomic E-state index is 12.8. The van der Waals surface area contributed by atoms with Crippen LogP contribution in [0.3, 0.4) is 0 Å². The van der Waals surface area contributed by atoms with Gasteiger partial charge in [0.05, 0.1) is 11.8 Å². The molecular weight excluding hydrogens is 326 g/mol. The molecule has 138 valence electrons. The number of nitrogens with one attached hydrogen (secondary N) is 1. The zero-order chi connectivity index (χ0) is 18.5. The van der Waals surface area contributed by atoms with Crippen LogP contribution in [0.1, 0.15) is 44.0 Å². The third-order valence-corrected chi connectivity index (χ3v) is 4.46. The van der Waals surface area contributed by atoms with Gasteiger partial charge in [-0.3, -0.25) is 4.79 Å². The summed E-state index contributed by atoms with van der Waals surface area (Å²) >= 11 is 0. The molecule has 0 saturated carbocycles. The summed E-state index contributed by atoms with van der Waals surface area (Å²) < 4.78 is 5.84. The lowest BCUT2D eigenvalue weighted by atomic mass is 9.99. The average Bonchev–Trinajstić information content (AvgIpc) is 2.62. The second-order valence-corrected chi connectivity index (χ2v) is 7.22. The second-order valence-electron chi connectivity index (χ2n) is 7.22. The Morgan fingerprint density at radius 2 is 2.12 bits per heavy atom. The first-order chi connectivity index (χ1) is 12.5. The van der Waals surface area contributed by atoms with E-state index in [-0.39, 0.29) is 12.0 Å². The van der Waals surface area contributed by atoms with Crippen molar-refractivity contribution in [2.75, 3.05) is 18.4 Å². The number of carbonyl (C=O) groups excluding carboxylic acids is 1. The van der Waals surface area contributed by atoms with Gasteiger partial charge in [0.25, 0.3) is 5.91 Å². The van der Waals surface area contributed by atoms with Crippen LogP contribution in [0.15, 0.2) is 42.6 Å². The van der Waals surface area contributed by atoms with Crippen LogP contribution in [-0.4, -0.2) is 35.0 Å². The van der Waals surface area contributed by atoms with E-state index >= 15 is 0 Å². The SMILES string of the molecule is CC1CCCN(C(=O)c2ccnc(Nc3ccccc3OC(C)C)c2)C1. The first kappa shape index (κ1) is 18.2. The largest absolute Gasteiger partial charge is 0.489 e. The molecule has 1 aromatic carbocycles.